The maximum Gasteiger partial charge on any atom is 0.156 e. The van der Waals surface area contributed by atoms with Crippen molar-refractivity contribution in [3.05, 3.63) is 72.7 Å². The highest BCUT2D eigenvalue weighted by atomic mass is 16.5. The number of hydrogen-bond donors (Lipinski definition) is 1. The second kappa shape index (κ2) is 7.33. The van der Waals surface area contributed by atoms with Crippen molar-refractivity contribution < 1.29 is 4.74 Å². The van der Waals surface area contributed by atoms with Crippen molar-refractivity contribution >= 4 is 23.0 Å². The van der Waals surface area contributed by atoms with E-state index in [0.717, 1.165) is 40.8 Å². The molecular weight excluding hydrogens is 340 g/mol. The van der Waals surface area contributed by atoms with Gasteiger partial charge in [0.15, 0.2) is 11.5 Å². The van der Waals surface area contributed by atoms with Gasteiger partial charge in [-0.25, -0.2) is 4.98 Å². The second-order valence-electron chi connectivity index (χ2n) is 6.18. The van der Waals surface area contributed by atoms with Crippen molar-refractivity contribution in [3.63, 3.8) is 0 Å². The number of aromatic nitrogens is 4. The lowest BCUT2D eigenvalue weighted by Crippen LogP contribution is -2.18. The monoisotopic (exact) mass is 360 g/mol. The van der Waals surface area contributed by atoms with Crippen LogP contribution in [0, 0.1) is 0 Å². The molecule has 7 heteroatoms. The summed E-state index contributed by atoms with van der Waals surface area (Å²) in [6.07, 6.45) is 5.41. The molecule has 0 unspecified atom stereocenters. The molecule has 0 radical (unpaired) electrons. The van der Waals surface area contributed by atoms with Gasteiger partial charge in [0.25, 0.3) is 0 Å². The Morgan fingerprint density at radius 3 is 2.67 bits per heavy atom. The topological polar surface area (TPSA) is 67.6 Å². The number of rotatable bonds is 6. The standard InChI is InChI=1S/C20H20N6O/c1-25(14-15-4-3-11-21-12-15)19-10-9-18-22-13-20(26(18)24-19)23-16-5-7-17(27-2)8-6-16/h3-13,23H,14H2,1-2H3. The third-order valence-electron chi connectivity index (χ3n) is 4.24. The van der Waals surface area contributed by atoms with Gasteiger partial charge < -0.3 is 15.0 Å². The van der Waals surface area contributed by atoms with E-state index < -0.39 is 0 Å². The lowest BCUT2D eigenvalue weighted by atomic mass is 10.3. The minimum atomic E-state index is 0.724. The average Bonchev–Trinajstić information content (AvgIpc) is 3.11. The van der Waals surface area contributed by atoms with Gasteiger partial charge in [-0.05, 0) is 48.0 Å². The fraction of sp³-hybridized carbons (Fsp3) is 0.150. The molecule has 0 aliphatic carbocycles. The van der Waals surface area contributed by atoms with Crippen LogP contribution in [-0.2, 0) is 6.54 Å². The van der Waals surface area contributed by atoms with Crippen LogP contribution in [0.2, 0.25) is 0 Å². The van der Waals surface area contributed by atoms with Crippen molar-refractivity contribution in [2.75, 3.05) is 24.4 Å². The van der Waals surface area contributed by atoms with Crippen LogP contribution in [0.3, 0.4) is 0 Å². The Bertz CT molecular complexity index is 1030. The summed E-state index contributed by atoms with van der Waals surface area (Å²) in [4.78, 5) is 10.7. The molecule has 3 heterocycles. The quantitative estimate of drug-likeness (QED) is 0.567. The molecule has 1 aromatic carbocycles. The van der Waals surface area contributed by atoms with E-state index >= 15 is 0 Å². The number of anilines is 3. The van der Waals surface area contributed by atoms with Crippen LogP contribution in [0.25, 0.3) is 5.65 Å². The third-order valence-corrected chi connectivity index (χ3v) is 4.24. The fourth-order valence-corrected chi connectivity index (χ4v) is 2.82. The van der Waals surface area contributed by atoms with E-state index in [4.69, 9.17) is 9.84 Å². The predicted molar refractivity (Wildman–Crippen MR) is 106 cm³/mol. The van der Waals surface area contributed by atoms with E-state index in [-0.39, 0.29) is 0 Å². The minimum absolute atomic E-state index is 0.724. The summed E-state index contributed by atoms with van der Waals surface area (Å²) in [5.74, 6) is 2.46. The predicted octanol–water partition coefficient (Wildman–Crippen LogP) is 3.51. The Morgan fingerprint density at radius 2 is 1.93 bits per heavy atom. The van der Waals surface area contributed by atoms with Gasteiger partial charge >= 0.3 is 0 Å². The zero-order chi connectivity index (χ0) is 18.6. The van der Waals surface area contributed by atoms with Gasteiger partial charge in [-0.15, -0.1) is 5.10 Å². The first-order valence-electron chi connectivity index (χ1n) is 8.59. The highest BCUT2D eigenvalue weighted by Gasteiger charge is 2.09. The van der Waals surface area contributed by atoms with Crippen molar-refractivity contribution in [3.8, 4) is 5.75 Å². The first-order chi connectivity index (χ1) is 13.2. The molecule has 27 heavy (non-hydrogen) atoms. The number of benzene rings is 1. The second-order valence-corrected chi connectivity index (χ2v) is 6.18. The molecule has 7 nitrogen and oxygen atoms in total. The van der Waals surface area contributed by atoms with Crippen LogP contribution < -0.4 is 15.0 Å². The summed E-state index contributed by atoms with van der Waals surface area (Å²) in [6.45, 7) is 0.724. The van der Waals surface area contributed by atoms with Crippen LogP contribution in [0.5, 0.6) is 5.75 Å². The van der Waals surface area contributed by atoms with Crippen LogP contribution in [0.15, 0.2) is 67.1 Å². The van der Waals surface area contributed by atoms with Gasteiger partial charge in [0.1, 0.15) is 11.6 Å². The highest BCUT2D eigenvalue weighted by Crippen LogP contribution is 2.22. The van der Waals surface area contributed by atoms with Crippen LogP contribution >= 0.6 is 0 Å². The first-order valence-corrected chi connectivity index (χ1v) is 8.59. The summed E-state index contributed by atoms with van der Waals surface area (Å²) >= 11 is 0. The van der Waals surface area contributed by atoms with Gasteiger partial charge in [0.05, 0.1) is 13.3 Å². The van der Waals surface area contributed by atoms with Crippen molar-refractivity contribution in [1.29, 1.82) is 0 Å². The van der Waals surface area contributed by atoms with E-state index in [1.807, 2.05) is 55.7 Å². The molecule has 136 valence electrons. The first kappa shape index (κ1) is 16.8. The van der Waals surface area contributed by atoms with Gasteiger partial charge in [-0.2, -0.15) is 4.52 Å². The summed E-state index contributed by atoms with van der Waals surface area (Å²) in [6, 6.07) is 15.6. The van der Waals surface area contributed by atoms with E-state index in [1.165, 1.54) is 0 Å². The smallest absolute Gasteiger partial charge is 0.156 e. The number of imidazole rings is 1. The summed E-state index contributed by atoms with van der Waals surface area (Å²) < 4.78 is 7.00. The molecule has 3 aromatic heterocycles. The molecule has 4 aromatic rings. The number of ether oxygens (including phenoxy) is 1. The summed E-state index contributed by atoms with van der Waals surface area (Å²) in [5.41, 5.74) is 2.85. The van der Waals surface area contributed by atoms with E-state index in [2.05, 4.69) is 26.3 Å². The highest BCUT2D eigenvalue weighted by molar-refractivity contribution is 5.61. The Labute approximate surface area is 157 Å². The maximum atomic E-state index is 5.20. The molecule has 4 rings (SSSR count). The number of hydrogen-bond acceptors (Lipinski definition) is 6. The Hall–Kier alpha value is -3.61. The average molecular weight is 360 g/mol. The largest absolute Gasteiger partial charge is 0.497 e. The van der Waals surface area contributed by atoms with Crippen LogP contribution in [0.4, 0.5) is 17.3 Å². The van der Waals surface area contributed by atoms with E-state index in [1.54, 1.807) is 24.0 Å². The lowest BCUT2D eigenvalue weighted by molar-refractivity contribution is 0.415. The van der Waals surface area contributed by atoms with Gasteiger partial charge in [0.2, 0.25) is 0 Å². The van der Waals surface area contributed by atoms with E-state index in [0.29, 0.717) is 0 Å². The molecule has 0 aliphatic heterocycles. The summed E-state index contributed by atoms with van der Waals surface area (Å²) in [7, 11) is 3.66. The number of nitrogens with one attached hydrogen (secondary N) is 1. The SMILES string of the molecule is COc1ccc(Nc2cnc3ccc(N(C)Cc4cccnc4)nn23)cc1. The number of nitrogens with zero attached hydrogens (tertiary/aromatic N) is 5. The Morgan fingerprint density at radius 1 is 1.07 bits per heavy atom. The van der Waals surface area contributed by atoms with Gasteiger partial charge in [-0.3, -0.25) is 4.98 Å². The van der Waals surface area contributed by atoms with Crippen molar-refractivity contribution in [2.24, 2.45) is 0 Å². The van der Waals surface area contributed by atoms with E-state index in [9.17, 15) is 0 Å². The van der Waals surface area contributed by atoms with Crippen LogP contribution in [-0.4, -0.2) is 33.7 Å². The molecule has 0 saturated carbocycles. The Kier molecular flexibility index (Phi) is 4.57. The fourth-order valence-electron chi connectivity index (χ4n) is 2.82. The maximum absolute atomic E-state index is 5.20. The lowest BCUT2D eigenvalue weighted by Gasteiger charge is -2.18. The third kappa shape index (κ3) is 3.67. The molecular formula is C20H20N6O. The van der Waals surface area contributed by atoms with Gasteiger partial charge in [0, 0.05) is 31.7 Å². The molecule has 0 amide bonds. The minimum Gasteiger partial charge on any atom is -0.497 e. The van der Waals surface area contributed by atoms with Crippen molar-refractivity contribution in [2.45, 2.75) is 6.54 Å². The number of methoxy groups -OCH3 is 1. The van der Waals surface area contributed by atoms with Crippen molar-refractivity contribution in [1.82, 2.24) is 19.6 Å². The Balaban J connectivity index is 1.58. The van der Waals surface area contributed by atoms with Gasteiger partial charge in [-0.1, -0.05) is 6.07 Å². The zero-order valence-corrected chi connectivity index (χ0v) is 15.2. The molecule has 0 spiro atoms. The molecule has 0 atom stereocenters. The molecule has 0 fully saturated rings. The number of pyridine rings is 1. The molecule has 1 N–H and O–H groups in total. The van der Waals surface area contributed by atoms with Crippen LogP contribution in [0.1, 0.15) is 5.56 Å². The summed E-state index contributed by atoms with van der Waals surface area (Å²) in [5, 5.41) is 8.08. The number of fused-ring (bicyclic) bond motifs is 1. The molecule has 0 aliphatic rings. The zero-order valence-electron chi connectivity index (χ0n) is 15.2. The molecule has 0 saturated heterocycles. The molecule has 0 bridgehead atoms. The normalized spacial score (nSPS) is 10.7.